The molecule has 1 atom stereocenters. The van der Waals surface area contributed by atoms with E-state index in [0.717, 1.165) is 45.8 Å². The minimum absolute atomic E-state index is 0.0791. The summed E-state index contributed by atoms with van der Waals surface area (Å²) in [5.74, 6) is -0.818. The minimum Gasteiger partial charge on any atom is -0.459 e. The third kappa shape index (κ3) is 3.62. The van der Waals surface area contributed by atoms with Crippen LogP contribution in [0.25, 0.3) is 10.1 Å². The molecule has 1 aromatic heterocycles. The van der Waals surface area contributed by atoms with E-state index < -0.39 is 11.9 Å². The molecule has 29 heavy (non-hydrogen) atoms. The molecule has 2 heterocycles. The zero-order valence-corrected chi connectivity index (χ0v) is 18.8. The van der Waals surface area contributed by atoms with Crippen molar-refractivity contribution in [1.29, 1.82) is 0 Å². The molecule has 0 bridgehead atoms. The van der Waals surface area contributed by atoms with Crippen molar-refractivity contribution in [2.45, 2.75) is 51.6 Å². The number of thiophene rings is 1. The van der Waals surface area contributed by atoms with E-state index in [9.17, 15) is 9.59 Å². The van der Waals surface area contributed by atoms with Crippen LogP contribution in [0.1, 0.15) is 51.0 Å². The first-order chi connectivity index (χ1) is 13.9. The lowest BCUT2D eigenvalue weighted by atomic mass is 9.79. The molecule has 4 rings (SSSR count). The molecular formula is C22H23BrN2O3S. The second-order valence-corrected chi connectivity index (χ2v) is 9.33. The fraction of sp³-hybridized carbons (Fsp3) is 0.364. The van der Waals surface area contributed by atoms with E-state index >= 15 is 0 Å². The molecule has 0 saturated heterocycles. The Hall–Kier alpha value is -2.12. The zero-order valence-electron chi connectivity index (χ0n) is 16.4. The van der Waals surface area contributed by atoms with Crippen molar-refractivity contribution in [3.63, 3.8) is 0 Å². The number of carbonyl (C=O) groups excluding carboxylic acids is 2. The number of nitrogens with one attached hydrogen (secondary N) is 1. The van der Waals surface area contributed by atoms with E-state index in [2.05, 4.69) is 21.2 Å². The molecule has 5 nitrogen and oxygen atoms in total. The van der Waals surface area contributed by atoms with Gasteiger partial charge in [0.25, 0.3) is 0 Å². The van der Waals surface area contributed by atoms with Crippen LogP contribution in [0, 0.1) is 0 Å². The van der Waals surface area contributed by atoms with Crippen LogP contribution in [0.4, 0.5) is 0 Å². The van der Waals surface area contributed by atoms with Crippen LogP contribution < -0.4 is 11.1 Å². The smallest absolute Gasteiger partial charge is 0.338 e. The Morgan fingerprint density at radius 2 is 1.97 bits per heavy atom. The van der Waals surface area contributed by atoms with Gasteiger partial charge in [0.2, 0.25) is 0 Å². The first-order valence-corrected chi connectivity index (χ1v) is 11.4. The summed E-state index contributed by atoms with van der Waals surface area (Å²) in [6.45, 7) is 3.35. The number of rotatable bonds is 4. The average molecular weight is 475 g/mol. The molecule has 1 fully saturated rings. The predicted octanol–water partition coefficient (Wildman–Crippen LogP) is 4.87. The first-order valence-electron chi connectivity index (χ1n) is 9.73. The maximum atomic E-state index is 13.2. The second kappa shape index (κ2) is 7.95. The Morgan fingerprint density at radius 1 is 1.24 bits per heavy atom. The van der Waals surface area contributed by atoms with Gasteiger partial charge in [-0.15, -0.1) is 11.3 Å². The topological polar surface area (TPSA) is 81.4 Å². The molecule has 152 valence electrons. The number of carbonyl (C=O) groups is 2. The van der Waals surface area contributed by atoms with Gasteiger partial charge in [0, 0.05) is 20.4 Å². The molecule has 1 saturated carbocycles. The molecule has 1 unspecified atom stereocenters. The lowest BCUT2D eigenvalue weighted by Crippen LogP contribution is -2.36. The molecule has 2 aliphatic rings. The first kappa shape index (κ1) is 20.2. The number of allylic oxidation sites excluding steroid dienone is 2. The van der Waals surface area contributed by atoms with E-state index in [4.69, 9.17) is 10.5 Å². The number of esters is 1. The lowest BCUT2D eigenvalue weighted by molar-refractivity contribution is -0.144. The second-order valence-electron chi connectivity index (χ2n) is 7.60. The van der Waals surface area contributed by atoms with Crippen LogP contribution in [0.3, 0.4) is 0 Å². The SMILES string of the molecule is CC(=O)C1=C(C)NC(N)=C(C(=O)OC2CCCC2)C1c1csc2c(Br)cccc12. The predicted molar refractivity (Wildman–Crippen MR) is 118 cm³/mol. The van der Waals surface area contributed by atoms with Gasteiger partial charge in [-0.3, -0.25) is 4.79 Å². The number of benzene rings is 1. The fourth-order valence-electron chi connectivity index (χ4n) is 4.35. The van der Waals surface area contributed by atoms with Crippen molar-refractivity contribution in [3.05, 3.63) is 56.3 Å². The van der Waals surface area contributed by atoms with Crippen molar-refractivity contribution < 1.29 is 14.3 Å². The van der Waals surface area contributed by atoms with Crippen molar-refractivity contribution in [1.82, 2.24) is 5.32 Å². The summed E-state index contributed by atoms with van der Waals surface area (Å²) >= 11 is 5.18. The Kier molecular flexibility index (Phi) is 5.53. The van der Waals surface area contributed by atoms with Crippen LogP contribution in [0.2, 0.25) is 0 Å². The van der Waals surface area contributed by atoms with Crippen LogP contribution in [-0.4, -0.2) is 17.9 Å². The molecule has 1 aromatic carbocycles. The van der Waals surface area contributed by atoms with Crippen LogP contribution in [-0.2, 0) is 14.3 Å². The van der Waals surface area contributed by atoms with Crippen molar-refractivity contribution in [2.75, 3.05) is 0 Å². The monoisotopic (exact) mass is 474 g/mol. The molecule has 1 aliphatic heterocycles. The van der Waals surface area contributed by atoms with E-state index in [0.29, 0.717) is 16.8 Å². The third-order valence-corrected chi connectivity index (χ3v) is 7.63. The molecule has 7 heteroatoms. The lowest BCUT2D eigenvalue weighted by Gasteiger charge is -2.30. The summed E-state index contributed by atoms with van der Waals surface area (Å²) < 4.78 is 7.85. The summed E-state index contributed by atoms with van der Waals surface area (Å²) in [7, 11) is 0. The number of fused-ring (bicyclic) bond motifs is 1. The molecule has 0 radical (unpaired) electrons. The van der Waals surface area contributed by atoms with Gasteiger partial charge in [0.1, 0.15) is 11.9 Å². The number of halogens is 1. The molecular weight excluding hydrogens is 452 g/mol. The van der Waals surface area contributed by atoms with Gasteiger partial charge < -0.3 is 15.8 Å². The number of Topliss-reactive ketones (excluding diaryl/α,β-unsaturated/α-hetero) is 1. The Balaban J connectivity index is 1.85. The van der Waals surface area contributed by atoms with Crippen molar-refractivity contribution in [2.24, 2.45) is 5.73 Å². The van der Waals surface area contributed by atoms with E-state index in [1.165, 1.54) is 6.92 Å². The van der Waals surface area contributed by atoms with Crippen molar-refractivity contribution >= 4 is 49.1 Å². The highest BCUT2D eigenvalue weighted by atomic mass is 79.9. The highest BCUT2D eigenvalue weighted by Gasteiger charge is 2.38. The quantitative estimate of drug-likeness (QED) is 0.617. The Bertz CT molecular complexity index is 1060. The largest absolute Gasteiger partial charge is 0.459 e. The number of hydrogen-bond acceptors (Lipinski definition) is 6. The van der Waals surface area contributed by atoms with Crippen LogP contribution >= 0.6 is 27.3 Å². The number of ketones is 1. The number of ether oxygens (including phenoxy) is 1. The maximum absolute atomic E-state index is 13.2. The Morgan fingerprint density at radius 3 is 2.66 bits per heavy atom. The van der Waals surface area contributed by atoms with Gasteiger partial charge in [-0.1, -0.05) is 12.1 Å². The van der Waals surface area contributed by atoms with E-state index in [1.54, 1.807) is 11.3 Å². The average Bonchev–Trinajstić information content (AvgIpc) is 3.30. The summed E-state index contributed by atoms with van der Waals surface area (Å²) in [6.07, 6.45) is 3.80. The molecule has 0 amide bonds. The van der Waals surface area contributed by atoms with Gasteiger partial charge in [0.05, 0.1) is 11.5 Å². The Labute approximate surface area is 182 Å². The van der Waals surface area contributed by atoms with Gasteiger partial charge in [-0.05, 0) is 77.9 Å². The number of dihydropyridines is 1. The fourth-order valence-corrected chi connectivity index (χ4v) is 5.99. The standard InChI is InChI=1S/C22H23BrN2O3S/c1-11-17(12(2)26)18(15-10-29-20-14(15)8-5-9-16(20)23)19(21(24)25-11)22(27)28-13-6-3-4-7-13/h5,8-10,13,18,25H,3-4,6-7,24H2,1-2H3. The highest BCUT2D eigenvalue weighted by Crippen LogP contribution is 2.44. The van der Waals surface area contributed by atoms with Gasteiger partial charge >= 0.3 is 5.97 Å². The number of nitrogens with two attached hydrogens (primary N) is 1. The molecule has 1 aliphatic carbocycles. The van der Waals surface area contributed by atoms with Gasteiger partial charge in [0.15, 0.2) is 5.78 Å². The van der Waals surface area contributed by atoms with Gasteiger partial charge in [-0.2, -0.15) is 0 Å². The summed E-state index contributed by atoms with van der Waals surface area (Å²) in [5.41, 5.74) is 8.75. The van der Waals surface area contributed by atoms with E-state index in [-0.39, 0.29) is 17.7 Å². The zero-order chi connectivity index (χ0) is 20.7. The minimum atomic E-state index is -0.550. The highest BCUT2D eigenvalue weighted by molar-refractivity contribution is 9.10. The number of hydrogen-bond donors (Lipinski definition) is 2. The molecule has 0 spiro atoms. The third-order valence-electron chi connectivity index (χ3n) is 5.66. The summed E-state index contributed by atoms with van der Waals surface area (Å²) in [4.78, 5) is 25.8. The maximum Gasteiger partial charge on any atom is 0.338 e. The van der Waals surface area contributed by atoms with Crippen LogP contribution in [0.15, 0.2) is 50.7 Å². The molecule has 2 aromatic rings. The summed E-state index contributed by atoms with van der Waals surface area (Å²) in [6, 6.07) is 5.95. The summed E-state index contributed by atoms with van der Waals surface area (Å²) in [5, 5.41) is 6.04. The van der Waals surface area contributed by atoms with Crippen molar-refractivity contribution in [3.8, 4) is 0 Å². The van der Waals surface area contributed by atoms with E-state index in [1.807, 2.05) is 30.5 Å². The van der Waals surface area contributed by atoms with Gasteiger partial charge in [-0.25, -0.2) is 4.79 Å². The normalized spacial score (nSPS) is 20.3. The molecule has 3 N–H and O–H groups in total. The van der Waals surface area contributed by atoms with Crippen LogP contribution in [0.5, 0.6) is 0 Å².